The van der Waals surface area contributed by atoms with Crippen molar-refractivity contribution in [2.75, 3.05) is 7.05 Å². The zero-order chi connectivity index (χ0) is 9.98. The molecule has 0 aromatic heterocycles. The molecule has 0 aromatic carbocycles. The summed E-state index contributed by atoms with van der Waals surface area (Å²) in [4.78, 5) is 2.11. The Labute approximate surface area is 77.8 Å². The Hall–Kier alpha value is -0.720. The van der Waals surface area contributed by atoms with E-state index < -0.39 is 0 Å². The highest BCUT2D eigenvalue weighted by Gasteiger charge is 1.89. The van der Waals surface area contributed by atoms with Gasteiger partial charge in [-0.15, -0.1) is 0 Å². The van der Waals surface area contributed by atoms with Crippen molar-refractivity contribution in [2.24, 2.45) is 0 Å². The molecule has 0 aliphatic rings. The van der Waals surface area contributed by atoms with Gasteiger partial charge in [-0.1, -0.05) is 32.9 Å². The van der Waals surface area contributed by atoms with Crippen molar-refractivity contribution in [2.45, 2.75) is 41.0 Å². The van der Waals surface area contributed by atoms with E-state index in [4.69, 9.17) is 0 Å². The number of hydrogen-bond acceptors (Lipinski definition) is 1. The Morgan fingerprint density at radius 3 is 2.17 bits per heavy atom. The molecule has 12 heavy (non-hydrogen) atoms. The molecule has 0 N–H and O–H groups in total. The summed E-state index contributed by atoms with van der Waals surface area (Å²) in [7, 11) is 2.06. The van der Waals surface area contributed by atoms with E-state index in [0.717, 1.165) is 6.42 Å². The zero-order valence-electron chi connectivity index (χ0n) is 9.39. The summed E-state index contributed by atoms with van der Waals surface area (Å²) in [5, 5.41) is 0. The van der Waals surface area contributed by atoms with Crippen LogP contribution in [0, 0.1) is 0 Å². The maximum atomic E-state index is 2.21. The van der Waals surface area contributed by atoms with Crippen molar-refractivity contribution in [1.29, 1.82) is 0 Å². The third-order valence-electron chi connectivity index (χ3n) is 1.43. The van der Waals surface area contributed by atoms with Crippen molar-refractivity contribution >= 4 is 0 Å². The summed E-state index contributed by atoms with van der Waals surface area (Å²) >= 11 is 0. The van der Waals surface area contributed by atoms with Gasteiger partial charge in [0, 0.05) is 12.7 Å². The first kappa shape index (κ1) is 13.8. The number of nitrogens with zero attached hydrogens (tertiary/aromatic N) is 1. The molecule has 0 fully saturated rings. The van der Waals surface area contributed by atoms with Crippen LogP contribution >= 0.6 is 0 Å². The van der Waals surface area contributed by atoms with Crippen LogP contribution in [0.2, 0.25) is 0 Å². The summed E-state index contributed by atoms with van der Waals surface area (Å²) < 4.78 is 0. The van der Waals surface area contributed by atoms with Gasteiger partial charge in [0.1, 0.15) is 0 Å². The second kappa shape index (κ2) is 10.3. The molecule has 1 heteroatoms. The molecule has 0 rings (SSSR count). The Kier molecular flexibility index (Phi) is 11.9. The van der Waals surface area contributed by atoms with E-state index >= 15 is 0 Å². The summed E-state index contributed by atoms with van der Waals surface area (Å²) in [5.74, 6) is 0. The van der Waals surface area contributed by atoms with E-state index in [1.165, 1.54) is 5.70 Å². The van der Waals surface area contributed by atoms with Crippen LogP contribution in [0.15, 0.2) is 24.0 Å². The lowest BCUT2D eigenvalue weighted by Crippen LogP contribution is -2.06. The smallest absolute Gasteiger partial charge is 0.0108 e. The highest BCUT2D eigenvalue weighted by atomic mass is 15.1. The zero-order valence-corrected chi connectivity index (χ0v) is 9.39. The monoisotopic (exact) mass is 169 g/mol. The van der Waals surface area contributed by atoms with Crippen molar-refractivity contribution in [3.63, 3.8) is 0 Å². The normalized spacial score (nSPS) is 11.0. The van der Waals surface area contributed by atoms with Gasteiger partial charge >= 0.3 is 0 Å². The lowest BCUT2D eigenvalue weighted by atomic mass is 10.3. The minimum absolute atomic E-state index is 1.10. The van der Waals surface area contributed by atoms with Crippen molar-refractivity contribution < 1.29 is 0 Å². The van der Waals surface area contributed by atoms with Crippen LogP contribution in [0.1, 0.15) is 41.0 Å². The van der Waals surface area contributed by atoms with E-state index in [2.05, 4.69) is 38.1 Å². The quantitative estimate of drug-likeness (QED) is 0.621. The van der Waals surface area contributed by atoms with Gasteiger partial charge in [0.15, 0.2) is 0 Å². The van der Waals surface area contributed by atoms with Crippen LogP contribution in [-0.4, -0.2) is 11.9 Å². The van der Waals surface area contributed by atoms with Gasteiger partial charge in [-0.2, -0.15) is 0 Å². The largest absolute Gasteiger partial charge is 0.355 e. The average Bonchev–Trinajstić information content (AvgIpc) is 2.09. The fourth-order valence-corrected chi connectivity index (χ4v) is 0.781. The van der Waals surface area contributed by atoms with Crippen molar-refractivity contribution in [3.8, 4) is 0 Å². The maximum Gasteiger partial charge on any atom is 0.0108 e. The molecule has 0 aliphatic heterocycles. The summed E-state index contributed by atoms with van der Waals surface area (Å²) in [6.07, 6.45) is 7.40. The third kappa shape index (κ3) is 7.39. The molecular formula is C11H23N. The molecule has 0 saturated carbocycles. The molecule has 0 heterocycles. The molecule has 0 aliphatic carbocycles. The molecule has 0 atom stereocenters. The Morgan fingerprint density at radius 2 is 1.83 bits per heavy atom. The molecule has 0 amide bonds. The summed E-state index contributed by atoms with van der Waals surface area (Å²) in [6.45, 7) is 10.3. The van der Waals surface area contributed by atoms with E-state index in [1.54, 1.807) is 0 Å². The van der Waals surface area contributed by atoms with E-state index in [1.807, 2.05) is 26.8 Å². The van der Waals surface area contributed by atoms with Crippen LogP contribution in [0.25, 0.3) is 0 Å². The molecule has 72 valence electrons. The van der Waals surface area contributed by atoms with Gasteiger partial charge in [-0.3, -0.25) is 0 Å². The topological polar surface area (TPSA) is 3.24 Å². The minimum atomic E-state index is 1.10. The average molecular weight is 169 g/mol. The molecule has 1 nitrogen and oxygen atoms in total. The van der Waals surface area contributed by atoms with Gasteiger partial charge in [0.25, 0.3) is 0 Å². The maximum absolute atomic E-state index is 2.21. The highest BCUT2D eigenvalue weighted by Crippen LogP contribution is 2.01. The number of rotatable bonds is 3. The third-order valence-corrected chi connectivity index (χ3v) is 1.43. The second-order valence-electron chi connectivity index (χ2n) is 2.35. The first-order valence-electron chi connectivity index (χ1n) is 4.74. The lowest BCUT2D eigenvalue weighted by molar-refractivity contribution is 0.566. The predicted octanol–water partition coefficient (Wildman–Crippen LogP) is 3.79. The van der Waals surface area contributed by atoms with Crippen LogP contribution in [-0.2, 0) is 0 Å². The van der Waals surface area contributed by atoms with E-state index in [9.17, 15) is 0 Å². The molecule has 0 spiro atoms. The van der Waals surface area contributed by atoms with Crippen LogP contribution in [0.3, 0.4) is 0 Å². The number of hydrogen-bond donors (Lipinski definition) is 0. The fourth-order valence-electron chi connectivity index (χ4n) is 0.781. The summed E-state index contributed by atoms with van der Waals surface area (Å²) in [5.41, 5.74) is 1.31. The Balaban J connectivity index is 0. The first-order chi connectivity index (χ1) is 5.72. The standard InChI is InChI=1S/C9H17N.C2H6/c1-5-7-9(3)10(4)8-6-2;1-2/h6-8H,5H2,1-4H3;1-2H3/b8-6-,9-7+;. The number of allylic oxidation sites excluding steroid dienone is 3. The summed E-state index contributed by atoms with van der Waals surface area (Å²) in [6, 6.07) is 0. The van der Waals surface area contributed by atoms with Crippen molar-refractivity contribution in [3.05, 3.63) is 24.0 Å². The van der Waals surface area contributed by atoms with Gasteiger partial charge in [-0.05, 0) is 26.5 Å². The Bertz CT molecular complexity index is 134. The second-order valence-corrected chi connectivity index (χ2v) is 2.35. The molecular weight excluding hydrogens is 146 g/mol. The van der Waals surface area contributed by atoms with Crippen LogP contribution < -0.4 is 0 Å². The molecule has 0 unspecified atom stereocenters. The minimum Gasteiger partial charge on any atom is -0.355 e. The van der Waals surface area contributed by atoms with Gasteiger partial charge in [-0.25, -0.2) is 0 Å². The van der Waals surface area contributed by atoms with E-state index in [0.29, 0.717) is 0 Å². The fraction of sp³-hybridized carbons (Fsp3) is 0.636. The Morgan fingerprint density at radius 1 is 1.33 bits per heavy atom. The molecule has 0 aromatic rings. The van der Waals surface area contributed by atoms with Crippen LogP contribution in [0.4, 0.5) is 0 Å². The van der Waals surface area contributed by atoms with E-state index in [-0.39, 0.29) is 0 Å². The molecule has 0 bridgehead atoms. The van der Waals surface area contributed by atoms with Gasteiger partial charge in [0.2, 0.25) is 0 Å². The first-order valence-corrected chi connectivity index (χ1v) is 4.74. The van der Waals surface area contributed by atoms with Crippen LogP contribution in [0.5, 0.6) is 0 Å². The molecule has 0 radical (unpaired) electrons. The SMILES string of the molecule is C/C=C\N(C)/C(C)=C/CC.CC. The molecule has 0 saturated heterocycles. The predicted molar refractivity (Wildman–Crippen MR) is 58.0 cm³/mol. The highest BCUT2D eigenvalue weighted by molar-refractivity contribution is 5.00. The van der Waals surface area contributed by atoms with Crippen molar-refractivity contribution in [1.82, 2.24) is 4.90 Å². The lowest BCUT2D eigenvalue weighted by Gasteiger charge is -2.13. The van der Waals surface area contributed by atoms with Gasteiger partial charge < -0.3 is 4.90 Å². The van der Waals surface area contributed by atoms with Gasteiger partial charge in [0.05, 0.1) is 0 Å².